The van der Waals surface area contributed by atoms with Crippen LogP contribution in [0.2, 0.25) is 5.02 Å². The summed E-state index contributed by atoms with van der Waals surface area (Å²) in [5.74, 6) is 0.195. The van der Waals surface area contributed by atoms with Gasteiger partial charge in [-0.15, -0.1) is 0 Å². The first-order valence-electron chi connectivity index (χ1n) is 4.94. The summed E-state index contributed by atoms with van der Waals surface area (Å²) in [6, 6.07) is 4.83. The van der Waals surface area contributed by atoms with Crippen molar-refractivity contribution in [2.24, 2.45) is 5.73 Å². The van der Waals surface area contributed by atoms with E-state index in [-0.39, 0.29) is 5.91 Å². The molecule has 1 aromatic carbocycles. The molecule has 0 heterocycles. The minimum Gasteiger partial charge on any atom is -0.496 e. The normalized spacial score (nSPS) is 9.76. The summed E-state index contributed by atoms with van der Waals surface area (Å²) in [5, 5.41) is 3.21. The number of carbonyl (C=O) groups excluding carboxylic acids is 1. The molecule has 0 spiro atoms. The number of hydrogen-bond donors (Lipinski definition) is 2. The minimum absolute atomic E-state index is 0.241. The third-order valence-corrected chi connectivity index (χ3v) is 2.50. The fourth-order valence-corrected chi connectivity index (χ4v) is 1.51. The van der Waals surface area contributed by atoms with Gasteiger partial charge in [0, 0.05) is 18.0 Å². The van der Waals surface area contributed by atoms with Crippen LogP contribution in [0.3, 0.4) is 0 Å². The van der Waals surface area contributed by atoms with Gasteiger partial charge in [0.1, 0.15) is 5.75 Å². The summed E-state index contributed by atoms with van der Waals surface area (Å²) in [6.07, 6.45) is 0.469. The Morgan fingerprint density at radius 3 is 2.88 bits per heavy atom. The second-order valence-corrected chi connectivity index (χ2v) is 4.28. The highest BCUT2D eigenvalue weighted by Gasteiger charge is 2.11. The summed E-state index contributed by atoms with van der Waals surface area (Å²) in [5.41, 5.74) is 5.76. The minimum atomic E-state index is -0.241. The lowest BCUT2D eigenvalue weighted by molar-refractivity contribution is 0.0952. The van der Waals surface area contributed by atoms with Crippen molar-refractivity contribution in [3.8, 4) is 5.75 Å². The summed E-state index contributed by atoms with van der Waals surface area (Å²) >= 11 is 10.5. The number of thiocarbonyl (C=S) groups is 1. The van der Waals surface area contributed by atoms with Crippen LogP contribution >= 0.6 is 23.8 Å². The van der Waals surface area contributed by atoms with Gasteiger partial charge in [0.15, 0.2) is 0 Å². The van der Waals surface area contributed by atoms with Crippen LogP contribution in [-0.4, -0.2) is 24.6 Å². The van der Waals surface area contributed by atoms with Crippen LogP contribution in [0, 0.1) is 0 Å². The number of ether oxygens (including phenoxy) is 1. The topological polar surface area (TPSA) is 64.3 Å². The molecule has 17 heavy (non-hydrogen) atoms. The van der Waals surface area contributed by atoms with Gasteiger partial charge >= 0.3 is 0 Å². The lowest BCUT2D eigenvalue weighted by atomic mass is 10.2. The number of nitrogens with two attached hydrogens (primary N) is 1. The molecule has 0 atom stereocenters. The zero-order chi connectivity index (χ0) is 12.8. The van der Waals surface area contributed by atoms with E-state index in [1.165, 1.54) is 7.11 Å². The fourth-order valence-electron chi connectivity index (χ4n) is 1.25. The second kappa shape index (κ2) is 6.42. The van der Waals surface area contributed by atoms with Crippen molar-refractivity contribution in [3.05, 3.63) is 28.8 Å². The van der Waals surface area contributed by atoms with E-state index in [1.54, 1.807) is 18.2 Å². The maximum absolute atomic E-state index is 11.8. The highest BCUT2D eigenvalue weighted by atomic mass is 35.5. The van der Waals surface area contributed by atoms with Crippen molar-refractivity contribution in [3.63, 3.8) is 0 Å². The number of methoxy groups -OCH3 is 1. The summed E-state index contributed by atoms with van der Waals surface area (Å²) in [4.78, 5) is 12.2. The third-order valence-electron chi connectivity index (χ3n) is 2.07. The van der Waals surface area contributed by atoms with E-state index in [2.05, 4.69) is 5.32 Å². The van der Waals surface area contributed by atoms with Gasteiger partial charge in [0.25, 0.3) is 5.91 Å². The molecule has 0 fully saturated rings. The first-order valence-corrected chi connectivity index (χ1v) is 5.73. The Hall–Kier alpha value is -1.33. The predicted octanol–water partition coefficient (Wildman–Crippen LogP) is 1.75. The van der Waals surface area contributed by atoms with Gasteiger partial charge in [-0.05, 0) is 18.2 Å². The Morgan fingerprint density at radius 1 is 1.59 bits per heavy atom. The van der Waals surface area contributed by atoms with Crippen molar-refractivity contribution in [2.75, 3.05) is 13.7 Å². The van der Waals surface area contributed by atoms with E-state index in [1.807, 2.05) is 0 Å². The third kappa shape index (κ3) is 4.20. The molecule has 4 nitrogen and oxygen atoms in total. The Labute approximate surface area is 110 Å². The Bertz CT molecular complexity index is 437. The Morgan fingerprint density at radius 2 is 2.29 bits per heavy atom. The van der Waals surface area contributed by atoms with Gasteiger partial charge in [-0.3, -0.25) is 4.79 Å². The summed E-state index contributed by atoms with van der Waals surface area (Å²) in [7, 11) is 1.48. The molecule has 0 radical (unpaired) electrons. The van der Waals surface area contributed by atoms with Crippen LogP contribution in [0.25, 0.3) is 0 Å². The highest BCUT2D eigenvalue weighted by molar-refractivity contribution is 7.80. The molecule has 0 aliphatic heterocycles. The largest absolute Gasteiger partial charge is 0.496 e. The van der Waals surface area contributed by atoms with E-state index in [0.29, 0.717) is 34.3 Å². The van der Waals surface area contributed by atoms with Crippen molar-refractivity contribution < 1.29 is 9.53 Å². The van der Waals surface area contributed by atoms with Gasteiger partial charge < -0.3 is 15.8 Å². The molecular weight excluding hydrogens is 260 g/mol. The monoisotopic (exact) mass is 272 g/mol. The quantitative estimate of drug-likeness (QED) is 0.802. The SMILES string of the molecule is COc1cc(Cl)ccc1C(=O)NCCC(N)=S. The van der Waals surface area contributed by atoms with E-state index in [4.69, 9.17) is 34.3 Å². The first kappa shape index (κ1) is 13.7. The first-order chi connectivity index (χ1) is 8.04. The van der Waals surface area contributed by atoms with Crippen LogP contribution in [0.5, 0.6) is 5.75 Å². The molecule has 0 saturated carbocycles. The molecule has 0 unspecified atom stereocenters. The molecular formula is C11H13ClN2O2S. The number of carbonyl (C=O) groups is 1. The molecule has 1 aromatic rings. The number of nitrogens with one attached hydrogen (secondary N) is 1. The molecule has 3 N–H and O–H groups in total. The van der Waals surface area contributed by atoms with Gasteiger partial charge in [-0.25, -0.2) is 0 Å². The van der Waals surface area contributed by atoms with E-state index in [9.17, 15) is 4.79 Å². The molecule has 0 aromatic heterocycles. The number of rotatable bonds is 5. The van der Waals surface area contributed by atoms with Gasteiger partial charge in [-0.1, -0.05) is 23.8 Å². The average Bonchev–Trinajstić information content (AvgIpc) is 2.28. The molecule has 0 aliphatic carbocycles. The van der Waals surface area contributed by atoms with E-state index >= 15 is 0 Å². The number of amides is 1. The number of benzene rings is 1. The Kier molecular flexibility index (Phi) is 5.18. The van der Waals surface area contributed by atoms with Crippen LogP contribution < -0.4 is 15.8 Å². The highest BCUT2D eigenvalue weighted by Crippen LogP contribution is 2.22. The molecule has 1 amide bonds. The van der Waals surface area contributed by atoms with Crippen molar-refractivity contribution in [1.82, 2.24) is 5.32 Å². The zero-order valence-electron chi connectivity index (χ0n) is 9.33. The van der Waals surface area contributed by atoms with Gasteiger partial charge in [-0.2, -0.15) is 0 Å². The van der Waals surface area contributed by atoms with Crippen LogP contribution in [-0.2, 0) is 0 Å². The van der Waals surface area contributed by atoms with Crippen LogP contribution in [0.4, 0.5) is 0 Å². The standard InChI is InChI=1S/C11H13ClN2O2S/c1-16-9-6-7(12)2-3-8(9)11(15)14-5-4-10(13)17/h2-3,6H,4-5H2,1H3,(H2,13,17)(H,14,15). The van der Waals surface area contributed by atoms with Crippen molar-refractivity contribution in [1.29, 1.82) is 0 Å². The molecule has 1 rings (SSSR count). The van der Waals surface area contributed by atoms with Gasteiger partial charge in [0.05, 0.1) is 17.7 Å². The number of halogens is 1. The second-order valence-electron chi connectivity index (χ2n) is 3.32. The van der Waals surface area contributed by atoms with Crippen molar-refractivity contribution >= 4 is 34.7 Å². The summed E-state index contributed by atoms with van der Waals surface area (Å²) in [6.45, 7) is 0.403. The predicted molar refractivity (Wildman–Crippen MR) is 71.7 cm³/mol. The zero-order valence-corrected chi connectivity index (χ0v) is 10.9. The van der Waals surface area contributed by atoms with Crippen molar-refractivity contribution in [2.45, 2.75) is 6.42 Å². The molecule has 0 aliphatic rings. The fraction of sp³-hybridized carbons (Fsp3) is 0.273. The molecule has 0 bridgehead atoms. The van der Waals surface area contributed by atoms with E-state index in [0.717, 1.165) is 0 Å². The van der Waals surface area contributed by atoms with Gasteiger partial charge in [0.2, 0.25) is 0 Å². The lowest BCUT2D eigenvalue weighted by Crippen LogP contribution is -2.27. The van der Waals surface area contributed by atoms with Crippen LogP contribution in [0.15, 0.2) is 18.2 Å². The lowest BCUT2D eigenvalue weighted by Gasteiger charge is -2.09. The number of hydrogen-bond acceptors (Lipinski definition) is 3. The van der Waals surface area contributed by atoms with Crippen LogP contribution in [0.1, 0.15) is 16.8 Å². The average molecular weight is 273 g/mol. The maximum atomic E-state index is 11.8. The summed E-state index contributed by atoms with van der Waals surface area (Å²) < 4.78 is 5.08. The smallest absolute Gasteiger partial charge is 0.255 e. The Balaban J connectivity index is 2.71. The molecule has 6 heteroatoms. The van der Waals surface area contributed by atoms with E-state index < -0.39 is 0 Å². The maximum Gasteiger partial charge on any atom is 0.255 e. The molecule has 0 saturated heterocycles. The molecule has 92 valence electrons.